The quantitative estimate of drug-likeness (QED) is 0.761. The third-order valence-electron chi connectivity index (χ3n) is 2.52. The molecule has 0 aliphatic heterocycles. The van der Waals surface area contributed by atoms with Crippen molar-refractivity contribution in [1.29, 1.82) is 0 Å². The number of aromatic nitrogens is 3. The predicted octanol–water partition coefficient (Wildman–Crippen LogP) is 2.47. The molecule has 1 unspecified atom stereocenters. The van der Waals surface area contributed by atoms with Crippen LogP contribution in [0.15, 0.2) is 18.2 Å². The highest BCUT2D eigenvalue weighted by Gasteiger charge is 2.09. The number of hydrogen-bond acceptors (Lipinski definition) is 2. The molecular weight excluding hydrogens is 162 g/mol. The third kappa shape index (κ3) is 1.30. The lowest BCUT2D eigenvalue weighted by Crippen LogP contribution is -1.92. The molecule has 0 radical (unpaired) electrons. The summed E-state index contributed by atoms with van der Waals surface area (Å²) in [5.41, 5.74) is 3.25. The zero-order valence-corrected chi connectivity index (χ0v) is 7.91. The molecule has 0 aliphatic rings. The Morgan fingerprint density at radius 1 is 1.38 bits per heavy atom. The van der Waals surface area contributed by atoms with E-state index in [1.807, 2.05) is 12.1 Å². The highest BCUT2D eigenvalue weighted by atomic mass is 15.3. The normalized spacial score (nSPS) is 13.4. The van der Waals surface area contributed by atoms with Crippen molar-refractivity contribution in [2.45, 2.75) is 26.2 Å². The molecule has 2 rings (SSSR count). The van der Waals surface area contributed by atoms with Gasteiger partial charge in [0.15, 0.2) is 0 Å². The Labute approximate surface area is 77.2 Å². The average Bonchev–Trinajstić information content (AvgIpc) is 2.63. The van der Waals surface area contributed by atoms with Crippen LogP contribution in [0.25, 0.3) is 11.0 Å². The molecule has 0 amide bonds. The van der Waals surface area contributed by atoms with Gasteiger partial charge in [-0.3, -0.25) is 0 Å². The van der Waals surface area contributed by atoms with Crippen LogP contribution in [0.3, 0.4) is 0 Å². The molecule has 68 valence electrons. The minimum atomic E-state index is 0.550. The number of aromatic amines is 1. The zero-order valence-electron chi connectivity index (χ0n) is 7.91. The topological polar surface area (TPSA) is 41.6 Å². The Balaban J connectivity index is 2.60. The maximum Gasteiger partial charge on any atom is 0.116 e. The van der Waals surface area contributed by atoms with Gasteiger partial charge >= 0.3 is 0 Å². The van der Waals surface area contributed by atoms with E-state index in [-0.39, 0.29) is 0 Å². The van der Waals surface area contributed by atoms with E-state index < -0.39 is 0 Å². The van der Waals surface area contributed by atoms with Crippen molar-refractivity contribution in [3.8, 4) is 0 Å². The molecule has 2 aromatic rings. The molecule has 13 heavy (non-hydrogen) atoms. The second-order valence-corrected chi connectivity index (χ2v) is 3.35. The highest BCUT2D eigenvalue weighted by Crippen LogP contribution is 2.24. The van der Waals surface area contributed by atoms with E-state index in [0.717, 1.165) is 17.5 Å². The number of nitrogens with zero attached hydrogens (tertiary/aromatic N) is 2. The van der Waals surface area contributed by atoms with Crippen LogP contribution in [0.1, 0.15) is 31.7 Å². The Morgan fingerprint density at radius 2 is 2.23 bits per heavy atom. The van der Waals surface area contributed by atoms with Gasteiger partial charge in [-0.15, -0.1) is 0 Å². The Hall–Kier alpha value is -1.38. The van der Waals surface area contributed by atoms with Crippen molar-refractivity contribution >= 4 is 11.0 Å². The lowest BCUT2D eigenvalue weighted by Gasteiger charge is -2.07. The standard InChI is InChI=1S/C10H13N3/c1-3-7(2)8-5-4-6-9-10(8)12-13-11-9/h4-7H,3H2,1-2H3,(H,11,12,13). The molecule has 3 heteroatoms. The summed E-state index contributed by atoms with van der Waals surface area (Å²) in [5.74, 6) is 0.550. The van der Waals surface area contributed by atoms with Gasteiger partial charge in [0.05, 0.1) is 0 Å². The summed E-state index contributed by atoms with van der Waals surface area (Å²) in [6, 6.07) is 6.14. The number of fused-ring (bicyclic) bond motifs is 1. The van der Waals surface area contributed by atoms with Crippen molar-refractivity contribution in [3.05, 3.63) is 23.8 Å². The van der Waals surface area contributed by atoms with Crippen molar-refractivity contribution in [1.82, 2.24) is 15.4 Å². The summed E-state index contributed by atoms with van der Waals surface area (Å²) in [6.45, 7) is 4.40. The van der Waals surface area contributed by atoms with E-state index in [1.165, 1.54) is 5.56 Å². The molecule has 1 atom stereocenters. The van der Waals surface area contributed by atoms with Gasteiger partial charge < -0.3 is 0 Å². The molecule has 1 aromatic heterocycles. The monoisotopic (exact) mass is 175 g/mol. The minimum absolute atomic E-state index is 0.550. The highest BCUT2D eigenvalue weighted by molar-refractivity contribution is 5.77. The van der Waals surface area contributed by atoms with E-state index in [9.17, 15) is 0 Å². The molecule has 1 N–H and O–H groups in total. The molecule has 0 saturated heterocycles. The van der Waals surface area contributed by atoms with E-state index in [1.54, 1.807) is 0 Å². The van der Waals surface area contributed by atoms with Gasteiger partial charge in [-0.25, -0.2) is 0 Å². The van der Waals surface area contributed by atoms with E-state index in [2.05, 4.69) is 35.3 Å². The minimum Gasteiger partial charge on any atom is -0.197 e. The maximum absolute atomic E-state index is 4.15. The molecule has 0 fully saturated rings. The van der Waals surface area contributed by atoms with E-state index in [4.69, 9.17) is 0 Å². The van der Waals surface area contributed by atoms with E-state index in [0.29, 0.717) is 5.92 Å². The zero-order chi connectivity index (χ0) is 9.26. The maximum atomic E-state index is 4.15. The molecule has 1 heterocycles. The summed E-state index contributed by atoms with van der Waals surface area (Å²) in [6.07, 6.45) is 1.13. The Bertz CT molecular complexity index is 405. The summed E-state index contributed by atoms with van der Waals surface area (Å²) >= 11 is 0. The van der Waals surface area contributed by atoms with Crippen LogP contribution in [-0.2, 0) is 0 Å². The Kier molecular flexibility index (Phi) is 2.00. The van der Waals surface area contributed by atoms with Gasteiger partial charge in [-0.1, -0.05) is 26.0 Å². The summed E-state index contributed by atoms with van der Waals surface area (Å²) in [4.78, 5) is 0. The number of benzene rings is 1. The fourth-order valence-corrected chi connectivity index (χ4v) is 1.51. The second kappa shape index (κ2) is 3.17. The first-order valence-corrected chi connectivity index (χ1v) is 4.62. The number of rotatable bonds is 2. The molecule has 0 saturated carbocycles. The number of hydrogen-bond donors (Lipinski definition) is 1. The predicted molar refractivity (Wildman–Crippen MR) is 52.6 cm³/mol. The molecule has 0 bridgehead atoms. The van der Waals surface area contributed by atoms with Crippen LogP contribution in [0.5, 0.6) is 0 Å². The van der Waals surface area contributed by atoms with Crippen LogP contribution < -0.4 is 0 Å². The van der Waals surface area contributed by atoms with Gasteiger partial charge in [-0.05, 0) is 24.0 Å². The smallest absolute Gasteiger partial charge is 0.116 e. The van der Waals surface area contributed by atoms with E-state index >= 15 is 0 Å². The van der Waals surface area contributed by atoms with Crippen LogP contribution in [0, 0.1) is 0 Å². The van der Waals surface area contributed by atoms with Crippen molar-refractivity contribution < 1.29 is 0 Å². The number of H-pyrrole nitrogens is 1. The van der Waals surface area contributed by atoms with Gasteiger partial charge in [0.25, 0.3) is 0 Å². The van der Waals surface area contributed by atoms with Crippen LogP contribution in [0.4, 0.5) is 0 Å². The van der Waals surface area contributed by atoms with Gasteiger partial charge in [0.1, 0.15) is 11.0 Å². The molecule has 0 spiro atoms. The Morgan fingerprint density at radius 3 is 3.00 bits per heavy atom. The molecule has 3 nitrogen and oxygen atoms in total. The lowest BCUT2D eigenvalue weighted by molar-refractivity contribution is 0.737. The number of nitrogens with one attached hydrogen (secondary N) is 1. The van der Waals surface area contributed by atoms with Gasteiger partial charge in [0.2, 0.25) is 0 Å². The van der Waals surface area contributed by atoms with Crippen LogP contribution >= 0.6 is 0 Å². The first-order valence-electron chi connectivity index (χ1n) is 4.62. The summed E-state index contributed by atoms with van der Waals surface area (Å²) < 4.78 is 0. The second-order valence-electron chi connectivity index (χ2n) is 3.35. The van der Waals surface area contributed by atoms with Gasteiger partial charge in [0, 0.05) is 0 Å². The summed E-state index contributed by atoms with van der Waals surface area (Å²) in [7, 11) is 0. The lowest BCUT2D eigenvalue weighted by atomic mass is 9.97. The molecule has 0 aliphatic carbocycles. The molecule has 1 aromatic carbocycles. The number of para-hydroxylation sites is 1. The van der Waals surface area contributed by atoms with Crippen LogP contribution in [-0.4, -0.2) is 15.4 Å². The van der Waals surface area contributed by atoms with Gasteiger partial charge in [-0.2, -0.15) is 15.4 Å². The largest absolute Gasteiger partial charge is 0.197 e. The third-order valence-corrected chi connectivity index (χ3v) is 2.52. The fraction of sp³-hybridized carbons (Fsp3) is 0.400. The summed E-state index contributed by atoms with van der Waals surface area (Å²) in [5, 5.41) is 10.9. The average molecular weight is 175 g/mol. The fourth-order valence-electron chi connectivity index (χ4n) is 1.51. The first kappa shape index (κ1) is 8.23. The SMILES string of the molecule is CCC(C)c1cccc2n[nH]nc12. The van der Waals surface area contributed by atoms with Crippen molar-refractivity contribution in [2.24, 2.45) is 0 Å². The first-order chi connectivity index (χ1) is 6.33. The van der Waals surface area contributed by atoms with Crippen molar-refractivity contribution in [2.75, 3.05) is 0 Å². The van der Waals surface area contributed by atoms with Crippen LogP contribution in [0.2, 0.25) is 0 Å². The molecular formula is C10H13N3. The van der Waals surface area contributed by atoms with Crippen molar-refractivity contribution in [3.63, 3.8) is 0 Å².